The molecule has 1 aliphatic heterocycles. The number of fused-ring (bicyclic) bond motifs is 1. The first-order valence-corrected chi connectivity index (χ1v) is 11.0. The van der Waals surface area contributed by atoms with Gasteiger partial charge in [-0.15, -0.1) is 0 Å². The molecule has 10 heteroatoms. The van der Waals surface area contributed by atoms with Crippen LogP contribution in [0.2, 0.25) is 0 Å². The Bertz CT molecular complexity index is 1300. The molecule has 0 spiro atoms. The van der Waals surface area contributed by atoms with Crippen LogP contribution < -0.4 is 21.4 Å². The normalized spacial score (nSPS) is 23.7. The molecule has 3 aromatic rings. The third kappa shape index (κ3) is 4.73. The molecule has 4 rings (SSSR count). The number of amides is 1. The van der Waals surface area contributed by atoms with Crippen LogP contribution in [0.25, 0.3) is 11.0 Å². The van der Waals surface area contributed by atoms with Crippen LogP contribution in [0.15, 0.2) is 51.7 Å². The molecule has 2 aromatic carbocycles. The van der Waals surface area contributed by atoms with E-state index in [9.17, 15) is 19.8 Å². The van der Waals surface area contributed by atoms with Gasteiger partial charge in [0.15, 0.2) is 0 Å². The van der Waals surface area contributed by atoms with Crippen molar-refractivity contribution in [2.24, 2.45) is 0 Å². The highest BCUT2D eigenvalue weighted by molar-refractivity contribution is 6.05. The van der Waals surface area contributed by atoms with E-state index in [4.69, 9.17) is 24.4 Å². The molecule has 10 nitrogen and oxygen atoms in total. The van der Waals surface area contributed by atoms with Gasteiger partial charge >= 0.3 is 5.63 Å². The lowest BCUT2D eigenvalue weighted by Gasteiger charge is -2.46. The van der Waals surface area contributed by atoms with Gasteiger partial charge in [0.1, 0.15) is 35.3 Å². The fraction of sp³-hybridized carbons (Fsp3) is 0.360. The van der Waals surface area contributed by atoms with Crippen molar-refractivity contribution in [3.63, 3.8) is 0 Å². The highest BCUT2D eigenvalue weighted by atomic mass is 16.7. The molecule has 35 heavy (non-hydrogen) atoms. The summed E-state index contributed by atoms with van der Waals surface area (Å²) in [5, 5.41) is 24.1. The Morgan fingerprint density at radius 1 is 1.11 bits per heavy atom. The van der Waals surface area contributed by atoms with Crippen molar-refractivity contribution in [3.05, 3.63) is 64.0 Å². The molecule has 5 N–H and O–H groups in total. The molecule has 0 bridgehead atoms. The third-order valence-electron chi connectivity index (χ3n) is 6.06. The SMILES string of the molecule is CO[C@@H]1[C@@H](O)[C@H](O)[C@H](Oc2ccc3cc(NC(=O)c4ccc(N)cc4)c(=O)oc3c2C)OC1(C)C. The van der Waals surface area contributed by atoms with E-state index in [1.807, 2.05) is 0 Å². The second kappa shape index (κ2) is 9.31. The molecule has 0 unspecified atom stereocenters. The zero-order valence-electron chi connectivity index (χ0n) is 19.8. The number of benzene rings is 2. The van der Waals surface area contributed by atoms with Gasteiger partial charge in [0.2, 0.25) is 6.29 Å². The van der Waals surface area contributed by atoms with Crippen LogP contribution in [0.5, 0.6) is 5.75 Å². The summed E-state index contributed by atoms with van der Waals surface area (Å²) < 4.78 is 22.5. The molecule has 1 saturated heterocycles. The lowest BCUT2D eigenvalue weighted by Crippen LogP contribution is -2.63. The largest absolute Gasteiger partial charge is 0.462 e. The summed E-state index contributed by atoms with van der Waals surface area (Å²) >= 11 is 0. The van der Waals surface area contributed by atoms with E-state index in [0.717, 1.165) is 0 Å². The average molecular weight is 485 g/mol. The number of aliphatic hydroxyl groups is 2. The highest BCUT2D eigenvalue weighted by Crippen LogP contribution is 2.35. The second-order valence-electron chi connectivity index (χ2n) is 8.98. The standard InChI is InChI=1S/C25H28N2O8/c1-12-17(33-24-19(29)18(28)21(32-4)25(2,3)35-24)10-7-14-11-16(23(31)34-20(12)14)27-22(30)13-5-8-15(26)9-6-13/h5-11,18-19,21,24,28-29H,26H2,1-4H3,(H,27,30)/t18-,19-,21+,24+/m0/s1. The number of methoxy groups -OCH3 is 1. The van der Waals surface area contributed by atoms with E-state index in [0.29, 0.717) is 28.0 Å². The molecule has 1 amide bonds. The van der Waals surface area contributed by atoms with Gasteiger partial charge in [-0.1, -0.05) is 0 Å². The van der Waals surface area contributed by atoms with Gasteiger partial charge in [-0.25, -0.2) is 4.79 Å². The Kier molecular flexibility index (Phi) is 6.56. The maximum absolute atomic E-state index is 12.6. The number of aliphatic hydroxyl groups excluding tert-OH is 2. The van der Waals surface area contributed by atoms with Gasteiger partial charge in [-0.05, 0) is 63.2 Å². The summed E-state index contributed by atoms with van der Waals surface area (Å²) in [7, 11) is 1.43. The van der Waals surface area contributed by atoms with Crippen molar-refractivity contribution in [1.29, 1.82) is 0 Å². The van der Waals surface area contributed by atoms with Gasteiger partial charge in [0.25, 0.3) is 5.91 Å². The Balaban J connectivity index is 1.59. The lowest BCUT2D eigenvalue weighted by atomic mass is 9.89. The van der Waals surface area contributed by atoms with Gasteiger partial charge in [-0.3, -0.25) is 4.79 Å². The summed E-state index contributed by atoms with van der Waals surface area (Å²) in [6.07, 6.45) is -4.55. The van der Waals surface area contributed by atoms with E-state index >= 15 is 0 Å². The molecule has 1 aromatic heterocycles. The Hall–Kier alpha value is -3.44. The third-order valence-corrected chi connectivity index (χ3v) is 6.06. The molecule has 2 heterocycles. The minimum absolute atomic E-state index is 0.0195. The Morgan fingerprint density at radius 3 is 2.46 bits per heavy atom. The minimum Gasteiger partial charge on any atom is -0.462 e. The molecule has 0 saturated carbocycles. The van der Waals surface area contributed by atoms with Crippen LogP contribution in [0, 0.1) is 6.92 Å². The number of hydrogen-bond donors (Lipinski definition) is 4. The van der Waals surface area contributed by atoms with Crippen LogP contribution in [0.4, 0.5) is 11.4 Å². The van der Waals surface area contributed by atoms with Crippen molar-refractivity contribution in [2.45, 2.75) is 51.0 Å². The maximum atomic E-state index is 12.6. The number of hydrogen-bond acceptors (Lipinski definition) is 9. The Morgan fingerprint density at radius 2 is 1.80 bits per heavy atom. The van der Waals surface area contributed by atoms with Crippen LogP contribution in [0.3, 0.4) is 0 Å². The summed E-state index contributed by atoms with van der Waals surface area (Å²) in [5.41, 5.74) is 5.53. The number of anilines is 2. The second-order valence-corrected chi connectivity index (χ2v) is 8.98. The molecular weight excluding hydrogens is 456 g/mol. The number of nitrogens with two attached hydrogens (primary N) is 1. The molecule has 4 atom stereocenters. The topological polar surface area (TPSA) is 153 Å². The number of ether oxygens (including phenoxy) is 3. The molecule has 1 fully saturated rings. The van der Waals surface area contributed by atoms with Gasteiger partial charge in [0, 0.05) is 29.3 Å². The predicted molar refractivity (Wildman–Crippen MR) is 128 cm³/mol. The fourth-order valence-corrected chi connectivity index (χ4v) is 4.18. The minimum atomic E-state index is -1.37. The number of carbonyl (C=O) groups is 1. The van der Waals surface area contributed by atoms with Crippen molar-refractivity contribution >= 4 is 28.3 Å². The number of rotatable bonds is 5. The quantitative estimate of drug-likeness (QED) is 0.315. The monoisotopic (exact) mass is 484 g/mol. The lowest BCUT2D eigenvalue weighted by molar-refractivity contribution is -0.306. The summed E-state index contributed by atoms with van der Waals surface area (Å²) in [5.74, 6) is -0.186. The average Bonchev–Trinajstić information content (AvgIpc) is 2.80. The maximum Gasteiger partial charge on any atom is 0.360 e. The van der Waals surface area contributed by atoms with Crippen LogP contribution >= 0.6 is 0 Å². The number of nitrogen functional groups attached to an aromatic ring is 1. The number of aryl methyl sites for hydroxylation is 1. The zero-order chi connectivity index (χ0) is 25.5. The van der Waals surface area contributed by atoms with Crippen LogP contribution in [-0.2, 0) is 9.47 Å². The predicted octanol–water partition coefficient (Wildman–Crippen LogP) is 2.19. The number of nitrogens with one attached hydrogen (secondary N) is 1. The van der Waals surface area contributed by atoms with E-state index < -0.39 is 41.7 Å². The van der Waals surface area contributed by atoms with Gasteiger partial charge in [-0.2, -0.15) is 0 Å². The first-order chi connectivity index (χ1) is 16.5. The van der Waals surface area contributed by atoms with E-state index in [2.05, 4.69) is 5.32 Å². The van der Waals surface area contributed by atoms with Crippen LogP contribution in [0.1, 0.15) is 29.8 Å². The molecule has 186 valence electrons. The fourth-order valence-electron chi connectivity index (χ4n) is 4.18. The van der Waals surface area contributed by atoms with Crippen molar-refractivity contribution < 1.29 is 33.6 Å². The molecule has 1 aliphatic rings. The van der Waals surface area contributed by atoms with Crippen molar-refractivity contribution in [2.75, 3.05) is 18.2 Å². The van der Waals surface area contributed by atoms with E-state index in [-0.39, 0.29) is 11.3 Å². The highest BCUT2D eigenvalue weighted by Gasteiger charge is 2.50. The number of carbonyl (C=O) groups excluding carboxylic acids is 1. The molecule has 0 aliphatic carbocycles. The zero-order valence-corrected chi connectivity index (χ0v) is 19.8. The first kappa shape index (κ1) is 24.7. The van der Waals surface area contributed by atoms with Crippen molar-refractivity contribution in [1.82, 2.24) is 0 Å². The smallest absolute Gasteiger partial charge is 0.360 e. The van der Waals surface area contributed by atoms with Crippen LogP contribution in [-0.4, -0.2) is 53.4 Å². The van der Waals surface area contributed by atoms with E-state index in [1.54, 1.807) is 57.2 Å². The van der Waals surface area contributed by atoms with Gasteiger partial charge in [0.05, 0.1) is 5.60 Å². The molecule has 0 radical (unpaired) electrons. The first-order valence-electron chi connectivity index (χ1n) is 11.0. The molecular formula is C25H28N2O8. The Labute approximate surface area is 201 Å². The van der Waals surface area contributed by atoms with Crippen molar-refractivity contribution in [3.8, 4) is 5.75 Å². The summed E-state index contributed by atoms with van der Waals surface area (Å²) in [4.78, 5) is 25.1. The summed E-state index contributed by atoms with van der Waals surface area (Å²) in [6, 6.07) is 11.1. The van der Waals surface area contributed by atoms with E-state index in [1.165, 1.54) is 13.2 Å². The summed E-state index contributed by atoms with van der Waals surface area (Å²) in [6.45, 7) is 5.13. The van der Waals surface area contributed by atoms with Gasteiger partial charge < -0.3 is 39.9 Å².